The predicted molar refractivity (Wildman–Crippen MR) is 55.1 cm³/mol. The van der Waals surface area contributed by atoms with Crippen LogP contribution in [0.3, 0.4) is 0 Å². The highest BCUT2D eigenvalue weighted by Crippen LogP contribution is 2.21. The summed E-state index contributed by atoms with van der Waals surface area (Å²) in [7, 11) is 0. The Bertz CT molecular complexity index is 517. The van der Waals surface area contributed by atoms with Crippen LogP contribution in [0.2, 0.25) is 0 Å². The highest BCUT2D eigenvalue weighted by atomic mass is 19.1. The monoisotopic (exact) mass is 258 g/mol. The van der Waals surface area contributed by atoms with E-state index in [-0.39, 0.29) is 6.04 Å². The fourth-order valence-corrected chi connectivity index (χ4v) is 1.43. The fraction of sp³-hybridized carbons (Fsp3) is 0.300. The highest BCUT2D eigenvalue weighted by molar-refractivity contribution is 5.95. The molecule has 2 rings (SSSR count). The van der Waals surface area contributed by atoms with Gasteiger partial charge in [-0.15, -0.1) is 0 Å². The van der Waals surface area contributed by atoms with Gasteiger partial charge in [-0.05, 0) is 6.07 Å². The van der Waals surface area contributed by atoms with Crippen LogP contribution in [-0.2, 0) is 4.74 Å². The van der Waals surface area contributed by atoms with Crippen LogP contribution in [0.25, 0.3) is 0 Å². The molecule has 1 heterocycles. The van der Waals surface area contributed by atoms with E-state index in [1.165, 1.54) is 0 Å². The van der Waals surface area contributed by atoms with Crippen molar-refractivity contribution >= 4 is 11.6 Å². The first kappa shape index (κ1) is 12.4. The summed E-state index contributed by atoms with van der Waals surface area (Å²) in [5.41, 5.74) is -1.57. The molecule has 0 unspecified atom stereocenters. The van der Waals surface area contributed by atoms with Crippen molar-refractivity contribution in [2.45, 2.75) is 6.04 Å². The zero-order valence-corrected chi connectivity index (χ0v) is 8.98. The quantitative estimate of drug-likeness (QED) is 0.647. The number of benzene rings is 1. The summed E-state index contributed by atoms with van der Waals surface area (Å²) < 4.78 is 31.5. The highest BCUT2D eigenvalue weighted by Gasteiger charge is 2.25. The van der Waals surface area contributed by atoms with Crippen LogP contribution in [0.1, 0.15) is 10.4 Å². The molecule has 0 saturated carbocycles. The van der Waals surface area contributed by atoms with E-state index in [2.05, 4.69) is 5.32 Å². The van der Waals surface area contributed by atoms with Gasteiger partial charge in [-0.25, -0.2) is 4.39 Å². The van der Waals surface area contributed by atoms with E-state index >= 15 is 0 Å². The van der Waals surface area contributed by atoms with Crippen LogP contribution < -0.4 is 5.32 Å². The lowest BCUT2D eigenvalue weighted by atomic mass is 10.1. The number of rotatable bonds is 3. The number of amides is 1. The second-order valence-corrected chi connectivity index (χ2v) is 3.75. The third kappa shape index (κ3) is 2.28. The number of nitro groups is 1. The molecule has 1 amide bonds. The Morgan fingerprint density at radius 1 is 1.39 bits per heavy atom. The number of carbonyl (C=O) groups excluding carboxylic acids is 1. The molecule has 0 spiro atoms. The third-order valence-corrected chi connectivity index (χ3v) is 2.45. The summed E-state index contributed by atoms with van der Waals surface area (Å²) in [6, 6.07) is 0.666. The summed E-state index contributed by atoms with van der Waals surface area (Å²) in [6.45, 7) is 0.617. The lowest BCUT2D eigenvalue weighted by Gasteiger charge is -2.26. The van der Waals surface area contributed by atoms with Crippen LogP contribution in [-0.4, -0.2) is 30.1 Å². The maximum absolute atomic E-state index is 13.5. The first-order chi connectivity index (χ1) is 8.49. The van der Waals surface area contributed by atoms with Gasteiger partial charge in [-0.3, -0.25) is 14.9 Å². The van der Waals surface area contributed by atoms with Gasteiger partial charge in [0, 0.05) is 0 Å². The second kappa shape index (κ2) is 4.65. The van der Waals surface area contributed by atoms with E-state index in [1.54, 1.807) is 0 Å². The molecule has 0 atom stereocenters. The van der Waals surface area contributed by atoms with Crippen molar-refractivity contribution in [3.63, 3.8) is 0 Å². The number of nitro benzene ring substituents is 1. The number of ether oxygens (including phenoxy) is 1. The molecule has 0 radical (unpaired) electrons. The van der Waals surface area contributed by atoms with Crippen molar-refractivity contribution < 1.29 is 23.2 Å². The van der Waals surface area contributed by atoms with Crippen molar-refractivity contribution in [2.24, 2.45) is 0 Å². The van der Waals surface area contributed by atoms with Crippen LogP contribution in [0.4, 0.5) is 14.5 Å². The lowest BCUT2D eigenvalue weighted by molar-refractivity contribution is -0.387. The molecular weight excluding hydrogens is 250 g/mol. The van der Waals surface area contributed by atoms with Gasteiger partial charge in [0.15, 0.2) is 0 Å². The van der Waals surface area contributed by atoms with Gasteiger partial charge in [-0.1, -0.05) is 0 Å². The molecule has 18 heavy (non-hydrogen) atoms. The average Bonchev–Trinajstić information content (AvgIpc) is 2.25. The minimum absolute atomic E-state index is 0.241. The Kier molecular flexibility index (Phi) is 3.19. The molecular formula is C10H8F2N2O4. The van der Waals surface area contributed by atoms with Gasteiger partial charge < -0.3 is 10.1 Å². The minimum atomic E-state index is -1.25. The van der Waals surface area contributed by atoms with Crippen LogP contribution in [0.5, 0.6) is 0 Å². The normalized spacial score (nSPS) is 15.0. The molecule has 1 N–H and O–H groups in total. The second-order valence-electron chi connectivity index (χ2n) is 3.75. The Balaban J connectivity index is 2.24. The molecule has 0 aliphatic carbocycles. The Morgan fingerprint density at radius 2 is 2.06 bits per heavy atom. The summed E-state index contributed by atoms with van der Waals surface area (Å²) in [6.07, 6.45) is 0. The summed E-state index contributed by atoms with van der Waals surface area (Å²) in [4.78, 5) is 20.9. The summed E-state index contributed by atoms with van der Waals surface area (Å²) in [5.74, 6) is -3.22. The Hall–Kier alpha value is -2.09. The average molecular weight is 258 g/mol. The van der Waals surface area contributed by atoms with E-state index in [0.29, 0.717) is 25.3 Å². The van der Waals surface area contributed by atoms with E-state index < -0.39 is 33.7 Å². The number of carbonyl (C=O) groups is 1. The maximum Gasteiger partial charge on any atom is 0.307 e. The van der Waals surface area contributed by atoms with Crippen molar-refractivity contribution in [2.75, 3.05) is 13.2 Å². The van der Waals surface area contributed by atoms with Crippen molar-refractivity contribution in [3.8, 4) is 0 Å². The number of nitrogens with one attached hydrogen (secondary N) is 1. The van der Waals surface area contributed by atoms with E-state index in [4.69, 9.17) is 4.74 Å². The largest absolute Gasteiger partial charge is 0.377 e. The van der Waals surface area contributed by atoms with Gasteiger partial charge in [0.05, 0.1) is 35.8 Å². The number of nitrogens with zero attached hydrogens (tertiary/aromatic N) is 1. The van der Waals surface area contributed by atoms with Crippen LogP contribution in [0, 0.1) is 21.7 Å². The molecule has 0 bridgehead atoms. The smallest absolute Gasteiger partial charge is 0.307 e. The SMILES string of the molecule is O=C(NC1COC1)c1cc(F)c([N+](=O)[O-])cc1F. The lowest BCUT2D eigenvalue weighted by Crippen LogP contribution is -2.48. The van der Waals surface area contributed by atoms with Gasteiger partial charge >= 0.3 is 5.69 Å². The summed E-state index contributed by atoms with van der Waals surface area (Å²) >= 11 is 0. The standard InChI is InChI=1S/C10H8F2N2O4/c11-7-2-9(14(16)17)8(12)1-6(7)10(15)13-5-3-18-4-5/h1-2,5H,3-4H2,(H,13,15). The van der Waals surface area contributed by atoms with Crippen LogP contribution >= 0.6 is 0 Å². The maximum atomic E-state index is 13.5. The molecule has 1 saturated heterocycles. The zero-order valence-electron chi connectivity index (χ0n) is 8.98. The minimum Gasteiger partial charge on any atom is -0.377 e. The predicted octanol–water partition coefficient (Wildman–Crippen LogP) is 1.00. The molecule has 96 valence electrons. The number of halogens is 2. The fourth-order valence-electron chi connectivity index (χ4n) is 1.43. The molecule has 1 aromatic rings. The first-order valence-corrected chi connectivity index (χ1v) is 5.01. The number of hydrogen-bond acceptors (Lipinski definition) is 4. The molecule has 1 fully saturated rings. The van der Waals surface area contributed by atoms with Crippen molar-refractivity contribution in [1.82, 2.24) is 5.32 Å². The third-order valence-electron chi connectivity index (χ3n) is 2.45. The molecule has 6 nitrogen and oxygen atoms in total. The summed E-state index contributed by atoms with van der Waals surface area (Å²) in [5, 5.41) is 12.8. The van der Waals surface area contributed by atoms with Gasteiger partial charge in [-0.2, -0.15) is 4.39 Å². The van der Waals surface area contributed by atoms with Gasteiger partial charge in [0.2, 0.25) is 5.82 Å². The molecule has 1 aliphatic rings. The van der Waals surface area contributed by atoms with Crippen LogP contribution in [0.15, 0.2) is 12.1 Å². The zero-order chi connectivity index (χ0) is 13.3. The molecule has 1 aromatic carbocycles. The first-order valence-electron chi connectivity index (χ1n) is 5.01. The van der Waals surface area contributed by atoms with E-state index in [0.717, 1.165) is 0 Å². The van der Waals surface area contributed by atoms with Crippen molar-refractivity contribution in [3.05, 3.63) is 39.4 Å². The number of hydrogen-bond donors (Lipinski definition) is 1. The Morgan fingerprint density at radius 3 is 2.56 bits per heavy atom. The molecule has 8 heteroatoms. The Labute approximate surface area is 99.7 Å². The topological polar surface area (TPSA) is 81.5 Å². The van der Waals surface area contributed by atoms with Gasteiger partial charge in [0.1, 0.15) is 5.82 Å². The molecule has 0 aromatic heterocycles. The van der Waals surface area contributed by atoms with Gasteiger partial charge in [0.25, 0.3) is 5.91 Å². The van der Waals surface area contributed by atoms with E-state index in [9.17, 15) is 23.7 Å². The molecule has 1 aliphatic heterocycles. The van der Waals surface area contributed by atoms with Crippen molar-refractivity contribution in [1.29, 1.82) is 0 Å². The van der Waals surface area contributed by atoms with E-state index in [1.807, 2.05) is 0 Å².